The van der Waals surface area contributed by atoms with E-state index in [1.807, 2.05) is 0 Å². The van der Waals surface area contributed by atoms with E-state index in [1.165, 1.54) is 16.4 Å². The first-order valence-electron chi connectivity index (χ1n) is 6.07. The average Bonchev–Trinajstić information content (AvgIpc) is 2.61. The Labute approximate surface area is 107 Å². The zero-order valence-corrected chi connectivity index (χ0v) is 10.9. The third kappa shape index (κ3) is 2.64. The van der Waals surface area contributed by atoms with Crippen molar-refractivity contribution in [1.82, 2.24) is 4.31 Å². The summed E-state index contributed by atoms with van der Waals surface area (Å²) >= 11 is 0. The fourth-order valence-electron chi connectivity index (χ4n) is 2.11. The molecule has 0 unspecified atom stereocenters. The Morgan fingerprint density at radius 3 is 2.28 bits per heavy atom. The van der Waals surface area contributed by atoms with Crippen molar-refractivity contribution in [3.8, 4) is 0 Å². The molecule has 0 atom stereocenters. The summed E-state index contributed by atoms with van der Waals surface area (Å²) in [5, 5.41) is 0. The highest BCUT2D eigenvalue weighted by Gasteiger charge is 2.25. The molecule has 1 aromatic rings. The molecule has 18 heavy (non-hydrogen) atoms. The molecule has 0 aromatic heterocycles. The van der Waals surface area contributed by atoms with Gasteiger partial charge >= 0.3 is 0 Å². The molecule has 2 N–H and O–H groups in total. The predicted molar refractivity (Wildman–Crippen MR) is 68.0 cm³/mol. The van der Waals surface area contributed by atoms with Crippen LogP contribution < -0.4 is 5.73 Å². The first-order chi connectivity index (χ1) is 8.51. The number of benzene rings is 1. The highest BCUT2D eigenvalue weighted by atomic mass is 32.2. The van der Waals surface area contributed by atoms with Crippen molar-refractivity contribution in [3.05, 3.63) is 24.0 Å². The smallest absolute Gasteiger partial charge is 0.243 e. The molecule has 100 valence electrons. The van der Waals surface area contributed by atoms with Crippen LogP contribution in [0.3, 0.4) is 0 Å². The number of nitrogens with zero attached hydrogens (tertiary/aromatic N) is 1. The number of hydrogen-bond acceptors (Lipinski definition) is 3. The van der Waals surface area contributed by atoms with Gasteiger partial charge in [-0.2, -0.15) is 4.31 Å². The van der Waals surface area contributed by atoms with Crippen LogP contribution in [0.15, 0.2) is 23.1 Å². The molecule has 0 aliphatic carbocycles. The van der Waals surface area contributed by atoms with Crippen molar-refractivity contribution in [2.45, 2.75) is 30.6 Å². The molecule has 6 heteroatoms. The second-order valence-corrected chi connectivity index (χ2v) is 6.44. The van der Waals surface area contributed by atoms with Gasteiger partial charge in [0.05, 0.1) is 10.6 Å². The minimum Gasteiger partial charge on any atom is -0.396 e. The quantitative estimate of drug-likeness (QED) is 0.837. The van der Waals surface area contributed by atoms with Crippen LogP contribution in [0.4, 0.5) is 10.1 Å². The molecule has 1 aliphatic rings. The summed E-state index contributed by atoms with van der Waals surface area (Å²) in [5.74, 6) is -0.593. The van der Waals surface area contributed by atoms with E-state index in [2.05, 4.69) is 0 Å². The molecule has 1 fully saturated rings. The molecule has 1 aliphatic heterocycles. The predicted octanol–water partition coefficient (Wildman–Crippen LogP) is 1.97. The Balaban J connectivity index is 2.31. The second kappa shape index (κ2) is 5.24. The fraction of sp³-hybridized carbons (Fsp3) is 0.500. The second-order valence-electron chi connectivity index (χ2n) is 4.50. The van der Waals surface area contributed by atoms with E-state index in [9.17, 15) is 12.8 Å². The number of nitrogen functional groups attached to an aromatic ring is 1. The Bertz CT molecular complexity index is 523. The first-order valence-corrected chi connectivity index (χ1v) is 7.51. The number of rotatable bonds is 2. The standard InChI is InChI=1S/C12H17FN2O2S/c13-11-6-5-10(9-12(11)14)18(16,17)15-7-3-1-2-4-8-15/h5-6,9H,1-4,7-8,14H2. The van der Waals surface area contributed by atoms with Crippen LogP contribution >= 0.6 is 0 Å². The van der Waals surface area contributed by atoms with Crippen LogP contribution in [-0.2, 0) is 10.0 Å². The third-order valence-electron chi connectivity index (χ3n) is 3.17. The Hall–Kier alpha value is -1.14. The van der Waals surface area contributed by atoms with Gasteiger partial charge < -0.3 is 5.73 Å². The number of anilines is 1. The molecule has 1 saturated heterocycles. The summed E-state index contributed by atoms with van der Waals surface area (Å²) in [6, 6.07) is 3.56. The highest BCUT2D eigenvalue weighted by Crippen LogP contribution is 2.22. The van der Waals surface area contributed by atoms with E-state index in [4.69, 9.17) is 5.73 Å². The van der Waals surface area contributed by atoms with Crippen LogP contribution in [0.5, 0.6) is 0 Å². The van der Waals surface area contributed by atoms with Gasteiger partial charge in [0.15, 0.2) is 0 Å². The van der Waals surface area contributed by atoms with Crippen molar-refractivity contribution < 1.29 is 12.8 Å². The molecule has 4 nitrogen and oxygen atoms in total. The maximum absolute atomic E-state index is 13.1. The first kappa shape index (κ1) is 13.3. The summed E-state index contributed by atoms with van der Waals surface area (Å²) in [7, 11) is -3.54. The fourth-order valence-corrected chi connectivity index (χ4v) is 3.67. The Morgan fingerprint density at radius 2 is 1.72 bits per heavy atom. The number of hydrogen-bond donors (Lipinski definition) is 1. The number of halogens is 1. The minimum atomic E-state index is -3.54. The van der Waals surface area contributed by atoms with Crippen LogP contribution in [-0.4, -0.2) is 25.8 Å². The number of nitrogens with two attached hydrogens (primary N) is 1. The third-order valence-corrected chi connectivity index (χ3v) is 5.06. The molecule has 1 aromatic carbocycles. The van der Waals surface area contributed by atoms with Gasteiger partial charge in [0.2, 0.25) is 10.0 Å². The number of sulfonamides is 1. The van der Waals surface area contributed by atoms with Crippen LogP contribution in [0.25, 0.3) is 0 Å². The summed E-state index contributed by atoms with van der Waals surface area (Å²) in [6.45, 7) is 1.05. The lowest BCUT2D eigenvalue weighted by Crippen LogP contribution is -2.32. The summed E-state index contributed by atoms with van der Waals surface area (Å²) in [5.41, 5.74) is 5.29. The topological polar surface area (TPSA) is 63.4 Å². The van der Waals surface area contributed by atoms with Crippen LogP contribution in [0, 0.1) is 5.82 Å². The molecular formula is C12H17FN2O2S. The van der Waals surface area contributed by atoms with E-state index in [1.54, 1.807) is 0 Å². The lowest BCUT2D eigenvalue weighted by Gasteiger charge is -2.20. The zero-order chi connectivity index (χ0) is 13.2. The average molecular weight is 272 g/mol. The van der Waals surface area contributed by atoms with Gasteiger partial charge in [-0.3, -0.25) is 0 Å². The largest absolute Gasteiger partial charge is 0.396 e. The maximum Gasteiger partial charge on any atom is 0.243 e. The normalized spacial score (nSPS) is 18.5. The monoisotopic (exact) mass is 272 g/mol. The van der Waals surface area contributed by atoms with Crippen LogP contribution in [0.1, 0.15) is 25.7 Å². The van der Waals surface area contributed by atoms with Crippen molar-refractivity contribution in [3.63, 3.8) is 0 Å². The molecule has 0 spiro atoms. The minimum absolute atomic E-state index is 0.0725. The van der Waals surface area contributed by atoms with Gasteiger partial charge in [-0.1, -0.05) is 12.8 Å². The van der Waals surface area contributed by atoms with Crippen molar-refractivity contribution in [1.29, 1.82) is 0 Å². The van der Waals surface area contributed by atoms with E-state index in [0.717, 1.165) is 31.7 Å². The Morgan fingerprint density at radius 1 is 1.11 bits per heavy atom. The van der Waals surface area contributed by atoms with Gasteiger partial charge in [-0.15, -0.1) is 0 Å². The molecule has 2 rings (SSSR count). The molecule has 0 amide bonds. The summed E-state index contributed by atoms with van der Waals surface area (Å²) in [6.07, 6.45) is 3.85. The lowest BCUT2D eigenvalue weighted by atomic mass is 10.2. The lowest BCUT2D eigenvalue weighted by molar-refractivity contribution is 0.423. The van der Waals surface area contributed by atoms with Crippen molar-refractivity contribution in [2.24, 2.45) is 0 Å². The van der Waals surface area contributed by atoms with Gasteiger partial charge in [0, 0.05) is 13.1 Å². The van der Waals surface area contributed by atoms with Crippen LogP contribution in [0.2, 0.25) is 0 Å². The van der Waals surface area contributed by atoms with E-state index >= 15 is 0 Å². The van der Waals surface area contributed by atoms with Gasteiger partial charge in [-0.05, 0) is 31.0 Å². The van der Waals surface area contributed by atoms with Crippen molar-refractivity contribution in [2.75, 3.05) is 18.8 Å². The van der Waals surface area contributed by atoms with Gasteiger partial charge in [0.1, 0.15) is 5.82 Å². The molecule has 1 heterocycles. The van der Waals surface area contributed by atoms with E-state index in [-0.39, 0.29) is 10.6 Å². The highest BCUT2D eigenvalue weighted by molar-refractivity contribution is 7.89. The van der Waals surface area contributed by atoms with Crippen molar-refractivity contribution >= 4 is 15.7 Å². The van der Waals surface area contributed by atoms with E-state index < -0.39 is 15.8 Å². The zero-order valence-electron chi connectivity index (χ0n) is 10.1. The summed E-state index contributed by atoms with van der Waals surface area (Å²) in [4.78, 5) is 0.0725. The Kier molecular flexibility index (Phi) is 3.87. The van der Waals surface area contributed by atoms with Gasteiger partial charge in [-0.25, -0.2) is 12.8 Å². The molecule has 0 radical (unpaired) electrons. The molecular weight excluding hydrogens is 255 g/mol. The van der Waals surface area contributed by atoms with E-state index in [0.29, 0.717) is 13.1 Å². The SMILES string of the molecule is Nc1cc(S(=O)(=O)N2CCCCCC2)ccc1F. The maximum atomic E-state index is 13.1. The molecule has 0 saturated carbocycles. The van der Waals surface area contributed by atoms with Gasteiger partial charge in [0.25, 0.3) is 0 Å². The molecule has 0 bridgehead atoms. The summed E-state index contributed by atoms with van der Waals surface area (Å²) < 4.78 is 39.2.